The Morgan fingerprint density at radius 2 is 1.92 bits per heavy atom. The van der Waals surface area contributed by atoms with Crippen molar-refractivity contribution in [3.8, 4) is 0 Å². The van der Waals surface area contributed by atoms with Gasteiger partial charge in [0.05, 0.1) is 5.54 Å². The fourth-order valence-electron chi connectivity index (χ4n) is 1.51. The SMILES string of the molecule is O=CNC1(c2ccccc2)CC1. The van der Waals surface area contributed by atoms with Gasteiger partial charge in [-0.05, 0) is 18.4 Å². The van der Waals surface area contributed by atoms with E-state index in [0.29, 0.717) is 0 Å². The number of amides is 1. The van der Waals surface area contributed by atoms with E-state index in [1.54, 1.807) is 0 Å². The van der Waals surface area contributed by atoms with Gasteiger partial charge in [0.1, 0.15) is 0 Å². The van der Waals surface area contributed by atoms with E-state index in [2.05, 4.69) is 17.4 Å². The third-order valence-corrected chi connectivity index (χ3v) is 2.41. The Morgan fingerprint density at radius 3 is 2.42 bits per heavy atom. The molecule has 12 heavy (non-hydrogen) atoms. The van der Waals surface area contributed by atoms with Crippen LogP contribution in [0.4, 0.5) is 0 Å². The smallest absolute Gasteiger partial charge is 0.207 e. The molecule has 2 nitrogen and oxygen atoms in total. The van der Waals surface area contributed by atoms with E-state index in [4.69, 9.17) is 0 Å². The van der Waals surface area contributed by atoms with Gasteiger partial charge in [-0.25, -0.2) is 0 Å². The highest BCUT2D eigenvalue weighted by molar-refractivity contribution is 5.51. The molecule has 0 radical (unpaired) electrons. The van der Waals surface area contributed by atoms with Crippen LogP contribution in [0.1, 0.15) is 18.4 Å². The molecule has 0 heterocycles. The molecule has 1 amide bonds. The maximum Gasteiger partial charge on any atom is 0.207 e. The second-order valence-corrected chi connectivity index (χ2v) is 3.21. The largest absolute Gasteiger partial charge is 0.349 e. The van der Waals surface area contributed by atoms with Crippen molar-refractivity contribution in [2.45, 2.75) is 18.4 Å². The van der Waals surface area contributed by atoms with Crippen LogP contribution in [-0.2, 0) is 10.3 Å². The quantitative estimate of drug-likeness (QED) is 0.667. The van der Waals surface area contributed by atoms with Crippen molar-refractivity contribution >= 4 is 6.41 Å². The Labute approximate surface area is 71.6 Å². The van der Waals surface area contributed by atoms with Crippen molar-refractivity contribution in [1.82, 2.24) is 5.32 Å². The van der Waals surface area contributed by atoms with E-state index >= 15 is 0 Å². The van der Waals surface area contributed by atoms with Gasteiger partial charge >= 0.3 is 0 Å². The first kappa shape index (κ1) is 7.35. The summed E-state index contributed by atoms with van der Waals surface area (Å²) in [5.41, 5.74) is 1.19. The monoisotopic (exact) mass is 161 g/mol. The molecule has 1 aromatic rings. The lowest BCUT2D eigenvalue weighted by Gasteiger charge is -2.13. The minimum absolute atomic E-state index is 0.0248. The number of nitrogens with one attached hydrogen (secondary N) is 1. The van der Waals surface area contributed by atoms with Crippen LogP contribution in [0.2, 0.25) is 0 Å². The third kappa shape index (κ3) is 1.09. The van der Waals surface area contributed by atoms with Crippen molar-refractivity contribution < 1.29 is 4.79 Å². The maximum absolute atomic E-state index is 10.3. The zero-order chi connectivity index (χ0) is 8.44. The normalized spacial score (nSPS) is 18.3. The number of benzene rings is 1. The number of hydrogen-bond donors (Lipinski definition) is 1. The average molecular weight is 161 g/mol. The first-order chi connectivity index (χ1) is 5.87. The van der Waals surface area contributed by atoms with Crippen molar-refractivity contribution in [3.63, 3.8) is 0 Å². The molecule has 1 fully saturated rings. The van der Waals surface area contributed by atoms with Crippen LogP contribution < -0.4 is 5.32 Å². The van der Waals surface area contributed by atoms with Crippen LogP contribution in [0.25, 0.3) is 0 Å². The lowest BCUT2D eigenvalue weighted by Crippen LogP contribution is -2.27. The molecule has 2 rings (SSSR count). The van der Waals surface area contributed by atoms with E-state index in [1.807, 2.05) is 18.2 Å². The Morgan fingerprint density at radius 1 is 1.25 bits per heavy atom. The van der Waals surface area contributed by atoms with Gasteiger partial charge in [0.15, 0.2) is 0 Å². The second-order valence-electron chi connectivity index (χ2n) is 3.21. The van der Waals surface area contributed by atoms with Crippen molar-refractivity contribution in [1.29, 1.82) is 0 Å². The summed E-state index contributed by atoms with van der Waals surface area (Å²) in [6, 6.07) is 10.1. The van der Waals surface area contributed by atoms with Crippen LogP contribution in [-0.4, -0.2) is 6.41 Å². The molecule has 1 saturated carbocycles. The molecule has 0 aromatic heterocycles. The molecule has 1 aliphatic rings. The van der Waals surface area contributed by atoms with Crippen LogP contribution in [0.5, 0.6) is 0 Å². The number of rotatable bonds is 3. The molecule has 0 spiro atoms. The van der Waals surface area contributed by atoms with E-state index in [1.165, 1.54) is 5.56 Å². The summed E-state index contributed by atoms with van der Waals surface area (Å²) in [7, 11) is 0. The summed E-state index contributed by atoms with van der Waals surface area (Å²) in [5.74, 6) is 0. The molecular formula is C10H11NO. The molecule has 1 aliphatic carbocycles. The molecular weight excluding hydrogens is 150 g/mol. The van der Waals surface area contributed by atoms with Gasteiger partial charge in [0, 0.05) is 0 Å². The molecule has 1 N–H and O–H groups in total. The van der Waals surface area contributed by atoms with Gasteiger partial charge in [-0.2, -0.15) is 0 Å². The standard InChI is InChI=1S/C10H11NO/c12-8-11-10(6-7-10)9-4-2-1-3-5-9/h1-5,8H,6-7H2,(H,11,12). The zero-order valence-corrected chi connectivity index (χ0v) is 6.79. The minimum Gasteiger partial charge on any atom is -0.349 e. The number of carbonyl (C=O) groups excluding carboxylic acids is 1. The summed E-state index contributed by atoms with van der Waals surface area (Å²) in [5, 5.41) is 2.87. The Balaban J connectivity index is 2.25. The molecule has 0 saturated heterocycles. The summed E-state index contributed by atoms with van der Waals surface area (Å²) >= 11 is 0. The molecule has 2 heteroatoms. The Kier molecular flexibility index (Phi) is 1.61. The predicted molar refractivity (Wildman–Crippen MR) is 46.6 cm³/mol. The highest BCUT2D eigenvalue weighted by Crippen LogP contribution is 2.44. The van der Waals surface area contributed by atoms with E-state index in [0.717, 1.165) is 19.3 Å². The van der Waals surface area contributed by atoms with Gasteiger partial charge in [0.25, 0.3) is 0 Å². The van der Waals surface area contributed by atoms with Gasteiger partial charge in [-0.3, -0.25) is 4.79 Å². The highest BCUT2D eigenvalue weighted by Gasteiger charge is 2.43. The maximum atomic E-state index is 10.3. The van der Waals surface area contributed by atoms with Gasteiger partial charge in [0.2, 0.25) is 6.41 Å². The molecule has 1 aromatic carbocycles. The first-order valence-corrected chi connectivity index (χ1v) is 4.14. The summed E-state index contributed by atoms with van der Waals surface area (Å²) in [4.78, 5) is 10.3. The number of hydrogen-bond acceptors (Lipinski definition) is 1. The zero-order valence-electron chi connectivity index (χ0n) is 6.79. The van der Waals surface area contributed by atoms with Crippen LogP contribution >= 0.6 is 0 Å². The Bertz CT molecular complexity index is 277. The lowest BCUT2D eigenvalue weighted by atomic mass is 10.1. The molecule has 0 atom stereocenters. The summed E-state index contributed by atoms with van der Waals surface area (Å²) in [6.45, 7) is 0. The lowest BCUT2D eigenvalue weighted by molar-refractivity contribution is -0.110. The third-order valence-electron chi connectivity index (χ3n) is 2.41. The molecule has 0 unspecified atom stereocenters. The fourth-order valence-corrected chi connectivity index (χ4v) is 1.51. The summed E-state index contributed by atoms with van der Waals surface area (Å²) < 4.78 is 0. The molecule has 62 valence electrons. The van der Waals surface area contributed by atoms with Gasteiger partial charge in [-0.15, -0.1) is 0 Å². The number of carbonyl (C=O) groups is 1. The van der Waals surface area contributed by atoms with Crippen molar-refractivity contribution in [3.05, 3.63) is 35.9 Å². The average Bonchev–Trinajstić information content (AvgIpc) is 2.88. The predicted octanol–water partition coefficient (Wildman–Crippen LogP) is 1.42. The molecule has 0 bridgehead atoms. The first-order valence-electron chi connectivity index (χ1n) is 4.14. The van der Waals surface area contributed by atoms with E-state index < -0.39 is 0 Å². The van der Waals surface area contributed by atoms with Crippen LogP contribution in [0.3, 0.4) is 0 Å². The fraction of sp³-hybridized carbons (Fsp3) is 0.300. The topological polar surface area (TPSA) is 29.1 Å². The van der Waals surface area contributed by atoms with Gasteiger partial charge < -0.3 is 5.32 Å². The second kappa shape index (κ2) is 2.63. The van der Waals surface area contributed by atoms with E-state index in [9.17, 15) is 4.79 Å². The van der Waals surface area contributed by atoms with Crippen molar-refractivity contribution in [2.75, 3.05) is 0 Å². The minimum atomic E-state index is -0.0248. The van der Waals surface area contributed by atoms with Crippen LogP contribution in [0.15, 0.2) is 30.3 Å². The van der Waals surface area contributed by atoms with Gasteiger partial charge in [-0.1, -0.05) is 30.3 Å². The van der Waals surface area contributed by atoms with E-state index in [-0.39, 0.29) is 5.54 Å². The molecule has 0 aliphatic heterocycles. The van der Waals surface area contributed by atoms with Crippen LogP contribution in [0, 0.1) is 0 Å². The Hall–Kier alpha value is -1.31. The summed E-state index contributed by atoms with van der Waals surface area (Å²) in [6.07, 6.45) is 2.92. The highest BCUT2D eigenvalue weighted by atomic mass is 16.1. The van der Waals surface area contributed by atoms with Crippen molar-refractivity contribution in [2.24, 2.45) is 0 Å².